The molecule has 0 amide bonds. The maximum Gasteiger partial charge on any atom is 0.274 e. The molecule has 0 aliphatic heterocycles. The molecule has 0 unspecified atom stereocenters. The molecule has 0 saturated heterocycles. The first kappa shape index (κ1) is 12.9. The van der Waals surface area contributed by atoms with Crippen molar-refractivity contribution in [3.05, 3.63) is 56.4 Å². The lowest BCUT2D eigenvalue weighted by Crippen LogP contribution is -2.14. The largest absolute Gasteiger partial charge is 0.351 e. The van der Waals surface area contributed by atoms with E-state index >= 15 is 0 Å². The molecule has 0 spiro atoms. The quantitative estimate of drug-likeness (QED) is 0.769. The van der Waals surface area contributed by atoms with Crippen molar-refractivity contribution in [3.63, 3.8) is 0 Å². The maximum atomic E-state index is 11.7. The molecule has 2 N–H and O–H groups in total. The molecule has 3 rings (SSSR count). The Hall–Kier alpha value is -2.15. The highest BCUT2D eigenvalue weighted by molar-refractivity contribution is 9.10. The van der Waals surface area contributed by atoms with Crippen molar-refractivity contribution in [3.8, 4) is 0 Å². The van der Waals surface area contributed by atoms with Gasteiger partial charge in [-0.1, -0.05) is 28.1 Å². The van der Waals surface area contributed by atoms with Crippen molar-refractivity contribution in [2.24, 2.45) is 0 Å². The molecule has 0 fully saturated rings. The molecule has 0 bridgehead atoms. The smallest absolute Gasteiger partial charge is 0.274 e. The molecule has 0 aliphatic rings. The van der Waals surface area contributed by atoms with Gasteiger partial charge in [0.2, 0.25) is 5.95 Å². The van der Waals surface area contributed by atoms with Gasteiger partial charge in [0.1, 0.15) is 0 Å². The molecule has 1 aromatic carbocycles. The van der Waals surface area contributed by atoms with Crippen LogP contribution in [0.3, 0.4) is 0 Å². The molecule has 2 heterocycles. The van der Waals surface area contributed by atoms with E-state index in [9.17, 15) is 4.79 Å². The van der Waals surface area contributed by atoms with Gasteiger partial charge >= 0.3 is 0 Å². The van der Waals surface area contributed by atoms with Crippen molar-refractivity contribution in [2.45, 2.75) is 13.5 Å². The number of rotatable bonds is 3. The predicted octanol–water partition coefficient (Wildman–Crippen LogP) is 2.10. The Labute approximate surface area is 123 Å². The van der Waals surface area contributed by atoms with Gasteiger partial charge in [0.05, 0.1) is 0 Å². The van der Waals surface area contributed by atoms with Crippen molar-refractivity contribution in [1.82, 2.24) is 19.6 Å². The third kappa shape index (κ3) is 2.57. The van der Waals surface area contributed by atoms with Gasteiger partial charge in [0.25, 0.3) is 11.3 Å². The molecule has 0 radical (unpaired) electrons. The van der Waals surface area contributed by atoms with Crippen molar-refractivity contribution < 1.29 is 0 Å². The van der Waals surface area contributed by atoms with Crippen LogP contribution in [0.5, 0.6) is 0 Å². The Kier molecular flexibility index (Phi) is 3.27. The van der Waals surface area contributed by atoms with Crippen LogP contribution in [-0.4, -0.2) is 19.6 Å². The summed E-state index contributed by atoms with van der Waals surface area (Å²) in [4.78, 5) is 20.2. The highest BCUT2D eigenvalue weighted by atomic mass is 79.9. The standard InChI is InChI=1S/C13H12BrN5O/c1-8-6-11(20)19-13(16-8)17-12(18-19)15-7-9-2-4-10(14)5-3-9/h2-6H,7H2,1H3,(H2,15,16,17,18). The SMILES string of the molecule is Cc1cc(=O)n2[nH]c(NCc3ccc(Br)cc3)nc2n1. The molecule has 0 saturated carbocycles. The van der Waals surface area contributed by atoms with Crippen molar-refractivity contribution >= 4 is 27.7 Å². The number of nitrogens with one attached hydrogen (secondary N) is 2. The summed E-state index contributed by atoms with van der Waals surface area (Å²) in [5, 5.41) is 6.02. The Bertz CT molecular complexity index is 806. The number of halogens is 1. The van der Waals surface area contributed by atoms with E-state index in [1.807, 2.05) is 24.3 Å². The van der Waals surface area contributed by atoms with Gasteiger partial charge in [0.15, 0.2) is 0 Å². The number of aromatic amines is 1. The molecule has 6 nitrogen and oxygen atoms in total. The van der Waals surface area contributed by atoms with Gasteiger partial charge in [-0.15, -0.1) is 0 Å². The summed E-state index contributed by atoms with van der Waals surface area (Å²) in [6.07, 6.45) is 0. The third-order valence-electron chi connectivity index (χ3n) is 2.83. The van der Waals surface area contributed by atoms with E-state index in [0.29, 0.717) is 24.0 Å². The molecular formula is C13H12BrN5O. The van der Waals surface area contributed by atoms with E-state index in [4.69, 9.17) is 0 Å². The highest BCUT2D eigenvalue weighted by Crippen LogP contribution is 2.11. The number of nitrogens with zero attached hydrogens (tertiary/aromatic N) is 3. The average Bonchev–Trinajstić information content (AvgIpc) is 2.81. The molecule has 2 aromatic heterocycles. The summed E-state index contributed by atoms with van der Waals surface area (Å²) in [6.45, 7) is 2.38. The summed E-state index contributed by atoms with van der Waals surface area (Å²) in [5.74, 6) is 0.886. The molecule has 7 heteroatoms. The van der Waals surface area contributed by atoms with Gasteiger partial charge in [-0.2, -0.15) is 9.50 Å². The van der Waals surface area contributed by atoms with Crippen LogP contribution in [0.1, 0.15) is 11.3 Å². The molecule has 3 aromatic rings. The molecule has 0 atom stereocenters. The zero-order valence-corrected chi connectivity index (χ0v) is 12.3. The van der Waals surface area contributed by atoms with Gasteiger partial charge in [0, 0.05) is 22.8 Å². The Balaban J connectivity index is 1.83. The van der Waals surface area contributed by atoms with Gasteiger partial charge in [-0.3, -0.25) is 9.89 Å². The second-order valence-electron chi connectivity index (χ2n) is 4.42. The fourth-order valence-electron chi connectivity index (χ4n) is 1.86. The van der Waals surface area contributed by atoms with Gasteiger partial charge in [-0.25, -0.2) is 4.98 Å². The van der Waals surface area contributed by atoms with Crippen LogP contribution in [0.25, 0.3) is 5.78 Å². The van der Waals surface area contributed by atoms with E-state index in [1.165, 1.54) is 10.6 Å². The first-order valence-corrected chi connectivity index (χ1v) is 6.86. The lowest BCUT2D eigenvalue weighted by molar-refractivity contribution is 0.886. The monoisotopic (exact) mass is 333 g/mol. The van der Waals surface area contributed by atoms with Crippen LogP contribution < -0.4 is 10.9 Å². The minimum absolute atomic E-state index is 0.170. The molecule has 20 heavy (non-hydrogen) atoms. The lowest BCUT2D eigenvalue weighted by Gasteiger charge is -2.02. The van der Waals surface area contributed by atoms with Crippen molar-refractivity contribution in [1.29, 1.82) is 0 Å². The minimum Gasteiger partial charge on any atom is -0.351 e. The first-order valence-electron chi connectivity index (χ1n) is 6.06. The van der Waals surface area contributed by atoms with Crippen LogP contribution in [0.15, 0.2) is 39.6 Å². The average molecular weight is 334 g/mol. The molecule has 102 valence electrons. The predicted molar refractivity (Wildman–Crippen MR) is 79.8 cm³/mol. The maximum absolute atomic E-state index is 11.7. The fourth-order valence-corrected chi connectivity index (χ4v) is 2.12. The number of aromatic nitrogens is 4. The summed E-state index contributed by atoms with van der Waals surface area (Å²) in [6, 6.07) is 9.43. The van der Waals surface area contributed by atoms with Gasteiger partial charge < -0.3 is 5.32 Å². The number of H-pyrrole nitrogens is 1. The van der Waals surface area contributed by atoms with E-state index < -0.39 is 0 Å². The van der Waals surface area contributed by atoms with Crippen LogP contribution in [0, 0.1) is 6.92 Å². The van der Waals surface area contributed by atoms with Crippen LogP contribution in [0.4, 0.5) is 5.95 Å². The highest BCUT2D eigenvalue weighted by Gasteiger charge is 2.05. The summed E-state index contributed by atoms with van der Waals surface area (Å²) in [5.41, 5.74) is 1.60. The van der Waals surface area contributed by atoms with E-state index in [2.05, 4.69) is 36.3 Å². The van der Waals surface area contributed by atoms with Gasteiger partial charge in [-0.05, 0) is 24.6 Å². The number of hydrogen-bond acceptors (Lipinski definition) is 4. The Morgan fingerprint density at radius 2 is 2.05 bits per heavy atom. The van der Waals surface area contributed by atoms with E-state index in [-0.39, 0.29) is 5.56 Å². The first-order chi connectivity index (χ1) is 9.61. The zero-order chi connectivity index (χ0) is 14.1. The third-order valence-corrected chi connectivity index (χ3v) is 3.36. The normalized spacial score (nSPS) is 10.9. The molecule has 0 aliphatic carbocycles. The van der Waals surface area contributed by atoms with E-state index in [0.717, 1.165) is 10.0 Å². The minimum atomic E-state index is -0.170. The van der Waals surface area contributed by atoms with E-state index in [1.54, 1.807) is 6.92 Å². The number of aryl methyl sites for hydroxylation is 1. The Morgan fingerprint density at radius 3 is 2.80 bits per heavy atom. The molecular weight excluding hydrogens is 322 g/mol. The summed E-state index contributed by atoms with van der Waals surface area (Å²) >= 11 is 3.39. The van der Waals surface area contributed by atoms with Crippen molar-refractivity contribution in [2.75, 3.05) is 5.32 Å². The Morgan fingerprint density at radius 1 is 1.30 bits per heavy atom. The van der Waals surface area contributed by atoms with Crippen LogP contribution in [0.2, 0.25) is 0 Å². The number of hydrogen-bond donors (Lipinski definition) is 2. The number of benzene rings is 1. The zero-order valence-electron chi connectivity index (χ0n) is 10.7. The number of anilines is 1. The van der Waals surface area contributed by atoms with Crippen LogP contribution in [-0.2, 0) is 6.54 Å². The van der Waals surface area contributed by atoms with Crippen LogP contribution >= 0.6 is 15.9 Å². The lowest BCUT2D eigenvalue weighted by atomic mass is 10.2. The topological polar surface area (TPSA) is 75.1 Å². The second-order valence-corrected chi connectivity index (χ2v) is 5.34. The summed E-state index contributed by atoms with van der Waals surface area (Å²) < 4.78 is 2.35. The summed E-state index contributed by atoms with van der Waals surface area (Å²) in [7, 11) is 0. The second kappa shape index (κ2) is 5.09. The number of fused-ring (bicyclic) bond motifs is 1. The fraction of sp³-hybridized carbons (Fsp3) is 0.154.